The van der Waals surface area contributed by atoms with Crippen LogP contribution < -0.4 is 11.1 Å². The van der Waals surface area contributed by atoms with Gasteiger partial charge in [-0.2, -0.15) is 0 Å². The average molecular weight is 184 g/mol. The minimum atomic E-state index is -0.180. The molecule has 2 atom stereocenters. The molecule has 3 N–H and O–H groups in total. The van der Waals surface area contributed by atoms with E-state index in [1.165, 1.54) is 0 Å². The van der Waals surface area contributed by atoms with Gasteiger partial charge >= 0.3 is 0 Å². The Morgan fingerprint density at radius 2 is 2.31 bits per heavy atom. The van der Waals surface area contributed by atoms with Gasteiger partial charge in [-0.25, -0.2) is 0 Å². The summed E-state index contributed by atoms with van der Waals surface area (Å²) in [6, 6.07) is 0.0265. The molecule has 0 radical (unpaired) electrons. The van der Waals surface area contributed by atoms with Crippen LogP contribution in [0.2, 0.25) is 0 Å². The van der Waals surface area contributed by atoms with E-state index in [0.717, 1.165) is 6.42 Å². The standard InChI is InChI=1S/C10H20N2O/c1-5-9(3)12-10(6-2,7-11)8-13-4/h1,9,12H,6-8,11H2,2-4H3. The fraction of sp³-hybridized carbons (Fsp3) is 0.800. The number of nitrogens with one attached hydrogen (secondary N) is 1. The summed E-state index contributed by atoms with van der Waals surface area (Å²) >= 11 is 0. The van der Waals surface area contributed by atoms with Crippen molar-refractivity contribution in [2.45, 2.75) is 31.8 Å². The van der Waals surface area contributed by atoms with Gasteiger partial charge < -0.3 is 10.5 Å². The number of terminal acetylenes is 1. The average Bonchev–Trinajstić information content (AvgIpc) is 2.17. The van der Waals surface area contributed by atoms with Crippen LogP contribution in [0.4, 0.5) is 0 Å². The van der Waals surface area contributed by atoms with Crippen LogP contribution in [0, 0.1) is 12.3 Å². The lowest BCUT2D eigenvalue weighted by molar-refractivity contribution is 0.107. The van der Waals surface area contributed by atoms with Crippen LogP contribution in [0.5, 0.6) is 0 Å². The predicted molar refractivity (Wildman–Crippen MR) is 55.4 cm³/mol. The van der Waals surface area contributed by atoms with E-state index >= 15 is 0 Å². The van der Waals surface area contributed by atoms with Gasteiger partial charge in [0, 0.05) is 13.7 Å². The number of ether oxygens (including phenoxy) is 1. The molecule has 2 unspecified atom stereocenters. The Morgan fingerprint density at radius 1 is 1.69 bits per heavy atom. The Labute approximate surface area is 81.0 Å². The molecule has 0 aliphatic heterocycles. The molecule has 0 aromatic rings. The Kier molecular flexibility index (Phi) is 5.72. The molecule has 13 heavy (non-hydrogen) atoms. The molecule has 0 aromatic carbocycles. The van der Waals surface area contributed by atoms with Gasteiger partial charge in [0.05, 0.1) is 18.2 Å². The van der Waals surface area contributed by atoms with Crippen molar-refractivity contribution in [1.82, 2.24) is 5.32 Å². The fourth-order valence-corrected chi connectivity index (χ4v) is 1.29. The van der Waals surface area contributed by atoms with E-state index in [0.29, 0.717) is 13.2 Å². The maximum atomic E-state index is 5.70. The quantitative estimate of drug-likeness (QED) is 0.586. The molecule has 0 fully saturated rings. The SMILES string of the molecule is C#CC(C)NC(CC)(CN)COC. The molecule has 76 valence electrons. The normalized spacial score (nSPS) is 17.5. The molecule has 0 aromatic heterocycles. The van der Waals surface area contributed by atoms with E-state index in [9.17, 15) is 0 Å². The highest BCUT2D eigenvalue weighted by molar-refractivity contribution is 5.01. The van der Waals surface area contributed by atoms with Gasteiger partial charge in [0.1, 0.15) is 0 Å². The molecule has 0 saturated heterocycles. The molecule has 0 spiro atoms. The lowest BCUT2D eigenvalue weighted by Gasteiger charge is -2.33. The van der Waals surface area contributed by atoms with E-state index in [1.54, 1.807) is 7.11 Å². The van der Waals surface area contributed by atoms with Gasteiger partial charge in [-0.1, -0.05) is 12.8 Å². The summed E-state index contributed by atoms with van der Waals surface area (Å²) in [5, 5.41) is 3.29. The maximum absolute atomic E-state index is 5.70. The van der Waals surface area contributed by atoms with Crippen LogP contribution in [-0.4, -0.2) is 31.8 Å². The number of rotatable bonds is 6. The first-order chi connectivity index (χ1) is 6.14. The number of methoxy groups -OCH3 is 1. The van der Waals surface area contributed by atoms with Gasteiger partial charge in [-0.3, -0.25) is 5.32 Å². The summed E-state index contributed by atoms with van der Waals surface area (Å²) in [5.74, 6) is 2.62. The number of hydrogen-bond donors (Lipinski definition) is 2. The van der Waals surface area contributed by atoms with Gasteiger partial charge in [0.25, 0.3) is 0 Å². The highest BCUT2D eigenvalue weighted by atomic mass is 16.5. The Hall–Kier alpha value is -0.560. The highest BCUT2D eigenvalue weighted by Crippen LogP contribution is 2.09. The molecule has 0 amide bonds. The third-order valence-corrected chi connectivity index (χ3v) is 2.26. The van der Waals surface area contributed by atoms with Crippen LogP contribution in [0.1, 0.15) is 20.3 Å². The van der Waals surface area contributed by atoms with Crippen molar-refractivity contribution in [3.8, 4) is 12.3 Å². The number of hydrogen-bond acceptors (Lipinski definition) is 3. The first-order valence-electron chi connectivity index (χ1n) is 4.57. The Balaban J connectivity index is 4.30. The van der Waals surface area contributed by atoms with E-state index in [2.05, 4.69) is 18.2 Å². The van der Waals surface area contributed by atoms with Gasteiger partial charge in [-0.15, -0.1) is 6.42 Å². The minimum Gasteiger partial charge on any atom is -0.383 e. The molecule has 0 saturated carbocycles. The molecular weight excluding hydrogens is 164 g/mol. The summed E-state index contributed by atoms with van der Waals surface area (Å²) in [6.45, 7) is 5.13. The van der Waals surface area contributed by atoms with Crippen molar-refractivity contribution in [2.24, 2.45) is 5.73 Å². The molecule has 0 bridgehead atoms. The van der Waals surface area contributed by atoms with Crippen molar-refractivity contribution in [3.05, 3.63) is 0 Å². The van der Waals surface area contributed by atoms with Crippen molar-refractivity contribution in [2.75, 3.05) is 20.3 Å². The van der Waals surface area contributed by atoms with Crippen LogP contribution in [0.3, 0.4) is 0 Å². The molecular formula is C10H20N2O. The van der Waals surface area contributed by atoms with Crippen LogP contribution >= 0.6 is 0 Å². The zero-order chi connectivity index (χ0) is 10.3. The lowest BCUT2D eigenvalue weighted by atomic mass is 9.96. The number of nitrogens with two attached hydrogens (primary N) is 1. The maximum Gasteiger partial charge on any atom is 0.0663 e. The van der Waals surface area contributed by atoms with Crippen molar-refractivity contribution >= 4 is 0 Å². The smallest absolute Gasteiger partial charge is 0.0663 e. The second-order valence-corrected chi connectivity index (χ2v) is 3.30. The van der Waals surface area contributed by atoms with E-state index in [1.807, 2.05) is 6.92 Å². The van der Waals surface area contributed by atoms with Crippen LogP contribution in [0.15, 0.2) is 0 Å². The Morgan fingerprint density at radius 3 is 2.62 bits per heavy atom. The molecule has 3 nitrogen and oxygen atoms in total. The summed E-state index contributed by atoms with van der Waals surface area (Å²) in [6.07, 6.45) is 6.20. The molecule has 3 heteroatoms. The van der Waals surface area contributed by atoms with Gasteiger partial charge in [0.2, 0.25) is 0 Å². The summed E-state index contributed by atoms with van der Waals surface area (Å²) in [4.78, 5) is 0. The highest BCUT2D eigenvalue weighted by Gasteiger charge is 2.27. The zero-order valence-corrected chi connectivity index (χ0v) is 8.76. The second kappa shape index (κ2) is 5.98. The van der Waals surface area contributed by atoms with E-state index in [4.69, 9.17) is 16.9 Å². The predicted octanol–water partition coefficient (Wildman–Crippen LogP) is 0.352. The summed E-state index contributed by atoms with van der Waals surface area (Å²) in [7, 11) is 1.67. The monoisotopic (exact) mass is 184 g/mol. The largest absolute Gasteiger partial charge is 0.383 e. The summed E-state index contributed by atoms with van der Waals surface area (Å²) < 4.78 is 5.12. The van der Waals surface area contributed by atoms with E-state index < -0.39 is 0 Å². The molecule has 0 rings (SSSR count). The van der Waals surface area contributed by atoms with Crippen molar-refractivity contribution in [1.29, 1.82) is 0 Å². The fourth-order valence-electron chi connectivity index (χ4n) is 1.29. The summed E-state index contributed by atoms with van der Waals surface area (Å²) in [5.41, 5.74) is 5.52. The molecule has 0 aliphatic carbocycles. The van der Waals surface area contributed by atoms with Crippen LogP contribution in [0.25, 0.3) is 0 Å². The first kappa shape index (κ1) is 12.4. The second-order valence-electron chi connectivity index (χ2n) is 3.30. The third kappa shape index (κ3) is 3.77. The molecule has 0 heterocycles. The van der Waals surface area contributed by atoms with E-state index in [-0.39, 0.29) is 11.6 Å². The van der Waals surface area contributed by atoms with Crippen molar-refractivity contribution in [3.63, 3.8) is 0 Å². The van der Waals surface area contributed by atoms with Crippen molar-refractivity contribution < 1.29 is 4.74 Å². The third-order valence-electron chi connectivity index (χ3n) is 2.26. The molecule has 0 aliphatic rings. The minimum absolute atomic E-state index is 0.0265. The lowest BCUT2D eigenvalue weighted by Crippen LogP contribution is -2.56. The first-order valence-corrected chi connectivity index (χ1v) is 4.57. The van der Waals surface area contributed by atoms with Gasteiger partial charge in [0.15, 0.2) is 0 Å². The van der Waals surface area contributed by atoms with Gasteiger partial charge in [-0.05, 0) is 13.3 Å². The van der Waals surface area contributed by atoms with Crippen LogP contribution in [-0.2, 0) is 4.74 Å². The topological polar surface area (TPSA) is 47.3 Å². The zero-order valence-electron chi connectivity index (χ0n) is 8.76. The Bertz CT molecular complexity index is 170.